The number of nitrogens with one attached hydrogen (secondary N) is 2. The number of benzene rings is 1. The maximum absolute atomic E-state index is 11.5. The summed E-state index contributed by atoms with van der Waals surface area (Å²) >= 11 is 5.70. The van der Waals surface area contributed by atoms with Crippen LogP contribution in [-0.4, -0.2) is 45.2 Å². The normalized spacial score (nSPS) is 14.2. The molecule has 0 radical (unpaired) electrons. The van der Waals surface area contributed by atoms with E-state index in [4.69, 9.17) is 28.5 Å². The number of aliphatic imine (C=N–C) groups is 1. The van der Waals surface area contributed by atoms with Crippen molar-refractivity contribution in [3.05, 3.63) is 23.2 Å². The number of guanidine groups is 2. The van der Waals surface area contributed by atoms with E-state index in [-0.39, 0.29) is 16.8 Å². The summed E-state index contributed by atoms with van der Waals surface area (Å²) in [7, 11) is -0.194. The molecule has 2 rings (SSSR count). The second kappa shape index (κ2) is 7.29. The molecule has 0 saturated carbocycles. The minimum absolute atomic E-state index is 0.0509. The molecular weight excluding hydrogens is 342 g/mol. The molecule has 23 heavy (non-hydrogen) atoms. The Kier molecular flexibility index (Phi) is 5.93. The summed E-state index contributed by atoms with van der Waals surface area (Å²) in [6.07, 6.45) is 0. The first-order chi connectivity index (χ1) is 10.5. The van der Waals surface area contributed by atoms with Crippen LogP contribution < -0.4 is 16.8 Å². The van der Waals surface area contributed by atoms with E-state index < -0.39 is 10.0 Å². The first-order valence-corrected chi connectivity index (χ1v) is 8.08. The monoisotopic (exact) mass is 359 g/mol. The zero-order valence-electron chi connectivity index (χ0n) is 12.8. The molecule has 0 unspecified atom stereocenters. The molecule has 0 aliphatic carbocycles. The van der Waals surface area contributed by atoms with Gasteiger partial charge in [0, 0.05) is 19.1 Å². The Bertz CT molecular complexity index is 768. The van der Waals surface area contributed by atoms with Gasteiger partial charge < -0.3 is 21.7 Å². The number of nitrogens with two attached hydrogens (primary N) is 2. The van der Waals surface area contributed by atoms with Crippen molar-refractivity contribution in [1.29, 1.82) is 5.41 Å². The second-order valence-electron chi connectivity index (χ2n) is 4.67. The number of anilines is 1. The SMILES string of the molecule is CC1=NS(=O)(=O)c2cc(Cl)ccc2N1.CN(C)C(=N)N=C(N)N. The lowest BCUT2D eigenvalue weighted by molar-refractivity contribution is 0.598. The van der Waals surface area contributed by atoms with Gasteiger partial charge in [-0.25, -0.2) is 0 Å². The molecule has 1 aromatic rings. The average molecular weight is 360 g/mol. The van der Waals surface area contributed by atoms with E-state index in [2.05, 4.69) is 14.7 Å². The standard InChI is InChI=1S/C8H7ClN2O2S.C4H11N5/c1-5-10-7-3-2-6(9)4-8(7)14(12,13)11-5;1-9(2)4(7)8-3(5)6/h2-4H,1H3,(H,10,11);1-2H3,(H5,5,6,7,8). The Morgan fingerprint density at radius 2 is 2.00 bits per heavy atom. The molecule has 1 aliphatic rings. The minimum atomic E-state index is -3.57. The van der Waals surface area contributed by atoms with Crippen molar-refractivity contribution in [2.24, 2.45) is 20.9 Å². The van der Waals surface area contributed by atoms with E-state index in [0.717, 1.165) is 0 Å². The predicted octanol–water partition coefficient (Wildman–Crippen LogP) is 0.629. The lowest BCUT2D eigenvalue weighted by Crippen LogP contribution is -2.28. The van der Waals surface area contributed by atoms with E-state index >= 15 is 0 Å². The number of halogens is 1. The van der Waals surface area contributed by atoms with Crippen LogP contribution in [0.15, 0.2) is 32.5 Å². The van der Waals surface area contributed by atoms with Gasteiger partial charge in [-0.05, 0) is 25.1 Å². The number of fused-ring (bicyclic) bond motifs is 1. The summed E-state index contributed by atoms with van der Waals surface area (Å²) in [5.41, 5.74) is 10.5. The lowest BCUT2D eigenvalue weighted by atomic mass is 10.3. The molecule has 11 heteroatoms. The summed E-state index contributed by atoms with van der Waals surface area (Å²) in [6.45, 7) is 1.59. The fourth-order valence-electron chi connectivity index (χ4n) is 1.48. The molecule has 6 N–H and O–H groups in total. The van der Waals surface area contributed by atoms with Crippen LogP contribution in [0.4, 0.5) is 5.69 Å². The highest BCUT2D eigenvalue weighted by Gasteiger charge is 2.23. The molecule has 0 fully saturated rings. The molecule has 9 nitrogen and oxygen atoms in total. The van der Waals surface area contributed by atoms with Crippen LogP contribution in [0.1, 0.15) is 6.92 Å². The Hall–Kier alpha value is -2.33. The van der Waals surface area contributed by atoms with Crippen molar-refractivity contribution in [3.8, 4) is 0 Å². The van der Waals surface area contributed by atoms with Crippen molar-refractivity contribution < 1.29 is 8.42 Å². The van der Waals surface area contributed by atoms with Gasteiger partial charge in [-0.2, -0.15) is 13.4 Å². The van der Waals surface area contributed by atoms with Gasteiger partial charge >= 0.3 is 0 Å². The van der Waals surface area contributed by atoms with E-state index in [1.807, 2.05) is 0 Å². The predicted molar refractivity (Wildman–Crippen MR) is 92.6 cm³/mol. The highest BCUT2D eigenvalue weighted by atomic mass is 35.5. The highest BCUT2D eigenvalue weighted by molar-refractivity contribution is 7.90. The van der Waals surface area contributed by atoms with Crippen molar-refractivity contribution in [3.63, 3.8) is 0 Å². The Balaban J connectivity index is 0.000000257. The van der Waals surface area contributed by atoms with Gasteiger partial charge in [0.05, 0.1) is 5.69 Å². The third-order valence-electron chi connectivity index (χ3n) is 2.45. The van der Waals surface area contributed by atoms with Crippen molar-refractivity contribution in [2.45, 2.75) is 11.8 Å². The minimum Gasteiger partial charge on any atom is -0.370 e. The van der Waals surface area contributed by atoms with Crippen LogP contribution in [0, 0.1) is 5.41 Å². The number of sulfonamides is 1. The molecular formula is C12H18ClN7O2S. The van der Waals surface area contributed by atoms with Crippen LogP contribution in [0.2, 0.25) is 5.02 Å². The number of amidine groups is 1. The highest BCUT2D eigenvalue weighted by Crippen LogP contribution is 2.29. The lowest BCUT2D eigenvalue weighted by Gasteiger charge is -2.15. The quantitative estimate of drug-likeness (QED) is 0.394. The molecule has 0 aromatic heterocycles. The molecule has 0 bridgehead atoms. The van der Waals surface area contributed by atoms with E-state index in [9.17, 15) is 8.42 Å². The largest absolute Gasteiger partial charge is 0.370 e. The molecule has 0 spiro atoms. The average Bonchev–Trinajstić information content (AvgIpc) is 2.39. The van der Waals surface area contributed by atoms with Gasteiger partial charge in [0.1, 0.15) is 10.7 Å². The Labute approximate surface area is 139 Å². The van der Waals surface area contributed by atoms with Crippen molar-refractivity contribution >= 4 is 45.1 Å². The molecule has 0 atom stereocenters. The van der Waals surface area contributed by atoms with Gasteiger partial charge in [-0.1, -0.05) is 11.6 Å². The summed E-state index contributed by atoms with van der Waals surface area (Å²) in [5, 5.41) is 10.3. The van der Waals surface area contributed by atoms with E-state index in [0.29, 0.717) is 16.5 Å². The zero-order valence-corrected chi connectivity index (χ0v) is 14.4. The van der Waals surface area contributed by atoms with Crippen LogP contribution >= 0.6 is 11.6 Å². The van der Waals surface area contributed by atoms with Crippen LogP contribution in [0.5, 0.6) is 0 Å². The Morgan fingerprint density at radius 3 is 2.48 bits per heavy atom. The van der Waals surface area contributed by atoms with Crippen molar-refractivity contribution in [1.82, 2.24) is 4.90 Å². The molecule has 1 aliphatic heterocycles. The first kappa shape index (κ1) is 18.7. The topological polar surface area (TPSA) is 150 Å². The fraction of sp³-hybridized carbons (Fsp3) is 0.250. The number of hydrogen-bond acceptors (Lipinski definition) is 4. The zero-order chi connectivity index (χ0) is 17.8. The molecule has 1 heterocycles. The van der Waals surface area contributed by atoms with Crippen LogP contribution in [-0.2, 0) is 10.0 Å². The smallest absolute Gasteiger partial charge is 0.286 e. The van der Waals surface area contributed by atoms with Crippen LogP contribution in [0.3, 0.4) is 0 Å². The van der Waals surface area contributed by atoms with Gasteiger partial charge in [0.15, 0.2) is 5.96 Å². The number of nitrogens with zero attached hydrogens (tertiary/aromatic N) is 3. The summed E-state index contributed by atoms with van der Waals surface area (Å²) < 4.78 is 26.6. The fourth-order valence-corrected chi connectivity index (χ4v) is 2.90. The van der Waals surface area contributed by atoms with Gasteiger partial charge in [-0.3, -0.25) is 5.41 Å². The molecule has 1 aromatic carbocycles. The molecule has 126 valence electrons. The third kappa shape index (κ3) is 5.42. The summed E-state index contributed by atoms with van der Waals surface area (Å²) in [5.74, 6) is 0.323. The molecule has 0 saturated heterocycles. The Morgan fingerprint density at radius 1 is 1.39 bits per heavy atom. The van der Waals surface area contributed by atoms with Crippen molar-refractivity contribution in [2.75, 3.05) is 19.4 Å². The second-order valence-corrected chi connectivity index (χ2v) is 6.68. The van der Waals surface area contributed by atoms with Gasteiger partial charge in [0.2, 0.25) is 5.96 Å². The van der Waals surface area contributed by atoms with Gasteiger partial charge in [-0.15, -0.1) is 4.40 Å². The van der Waals surface area contributed by atoms with E-state index in [1.54, 1.807) is 33.2 Å². The molecule has 0 amide bonds. The number of rotatable bonds is 0. The maximum atomic E-state index is 11.5. The number of hydrogen-bond donors (Lipinski definition) is 4. The maximum Gasteiger partial charge on any atom is 0.286 e. The third-order valence-corrected chi connectivity index (χ3v) is 4.10. The first-order valence-electron chi connectivity index (χ1n) is 6.26. The van der Waals surface area contributed by atoms with Crippen LogP contribution in [0.25, 0.3) is 0 Å². The summed E-state index contributed by atoms with van der Waals surface area (Å²) in [6, 6.07) is 4.63. The summed E-state index contributed by atoms with van der Waals surface area (Å²) in [4.78, 5) is 5.08. The van der Waals surface area contributed by atoms with E-state index in [1.165, 1.54) is 11.0 Å². The van der Waals surface area contributed by atoms with Gasteiger partial charge in [0.25, 0.3) is 10.0 Å².